The van der Waals surface area contributed by atoms with Gasteiger partial charge in [-0.3, -0.25) is 10.4 Å². The number of nitrogens with zero attached hydrogens (tertiary/aromatic N) is 1. The predicted octanol–water partition coefficient (Wildman–Crippen LogP) is 1.03. The molecule has 0 aliphatic rings. The van der Waals surface area contributed by atoms with Crippen molar-refractivity contribution in [2.45, 2.75) is 0 Å². The van der Waals surface area contributed by atoms with Crippen molar-refractivity contribution in [1.29, 1.82) is 0 Å². The van der Waals surface area contributed by atoms with Crippen molar-refractivity contribution in [2.24, 2.45) is 0 Å². The monoisotopic (exact) mass is 210 g/mol. The lowest BCUT2D eigenvalue weighted by molar-refractivity contribution is -0.452. The molecule has 0 saturated heterocycles. The molecular weight excluding hydrogens is 204 g/mol. The fourth-order valence-electron chi connectivity index (χ4n) is 0.769. The van der Waals surface area contributed by atoms with Gasteiger partial charge in [0.25, 0.3) is 5.82 Å². The third kappa shape index (κ3) is 1.99. The first kappa shape index (κ1) is 10.4. The van der Waals surface area contributed by atoms with E-state index in [0.717, 1.165) is 12.1 Å². The third-order valence-electron chi connectivity index (χ3n) is 1.32. The third-order valence-corrected chi connectivity index (χ3v) is 1.32. The topological polar surface area (TPSA) is 86.0 Å². The molecule has 0 saturated carbocycles. The molecule has 8 heteroatoms. The van der Waals surface area contributed by atoms with Crippen molar-refractivity contribution < 1.29 is 34.2 Å². The first-order valence-corrected chi connectivity index (χ1v) is 3.25. The Morgan fingerprint density at radius 3 is 2.50 bits per heavy atom. The van der Waals surface area contributed by atoms with Gasteiger partial charge in [-0.2, -0.15) is 4.39 Å². The summed E-state index contributed by atoms with van der Waals surface area (Å²) in [4.78, 5) is 5.94. The summed E-state index contributed by atoms with van der Waals surface area (Å²) in [6.07, 6.45) is 0. The molecular formula is C6H6F2NO5+. The zero-order valence-corrected chi connectivity index (χ0v) is 6.55. The first-order chi connectivity index (χ1) is 6.56. The molecule has 0 spiro atoms. The number of hydrogen-bond donors (Lipinski definition) is 3. The van der Waals surface area contributed by atoms with E-state index in [4.69, 9.17) is 15.5 Å². The number of phenols is 1. The molecule has 0 atom stereocenters. The number of aromatic hydroxyl groups is 2. The molecule has 14 heavy (non-hydrogen) atoms. The Kier molecular flexibility index (Phi) is 3.02. The average molecular weight is 210 g/mol. The highest BCUT2D eigenvalue weighted by Gasteiger charge is 2.22. The Labute approximate surface area is 75.9 Å². The van der Waals surface area contributed by atoms with Gasteiger partial charge >= 0.3 is 5.75 Å². The number of hydrogen-bond acceptors (Lipinski definition) is 5. The molecule has 0 fully saturated rings. The SMILES string of the molecule is Oc1ccc([OH+]F)c(F)c1ON(O)O. The Morgan fingerprint density at radius 2 is 2.00 bits per heavy atom. The van der Waals surface area contributed by atoms with E-state index in [1.54, 1.807) is 0 Å². The van der Waals surface area contributed by atoms with Crippen molar-refractivity contribution in [2.75, 3.05) is 0 Å². The van der Waals surface area contributed by atoms with E-state index in [-0.39, 0.29) is 0 Å². The maximum Gasteiger partial charge on any atom is 0.345 e. The summed E-state index contributed by atoms with van der Waals surface area (Å²) >= 11 is 0. The van der Waals surface area contributed by atoms with Crippen LogP contribution in [0, 0.1) is 5.82 Å². The van der Waals surface area contributed by atoms with Crippen LogP contribution in [0.4, 0.5) is 8.92 Å². The molecule has 0 radical (unpaired) electrons. The second-order valence-corrected chi connectivity index (χ2v) is 2.18. The summed E-state index contributed by atoms with van der Waals surface area (Å²) in [5.41, 5.74) is 0. The zero-order chi connectivity index (χ0) is 10.7. The van der Waals surface area contributed by atoms with Crippen molar-refractivity contribution >= 4 is 0 Å². The maximum absolute atomic E-state index is 13.0. The molecule has 1 rings (SSSR count). The number of phenolic OH excluding ortho intramolecular Hbond substituents is 1. The van der Waals surface area contributed by atoms with Gasteiger partial charge in [-0.25, -0.2) is 0 Å². The summed E-state index contributed by atoms with van der Waals surface area (Å²) in [6.45, 7) is 0. The summed E-state index contributed by atoms with van der Waals surface area (Å²) in [5, 5.41) is 24.5. The van der Waals surface area contributed by atoms with Gasteiger partial charge in [-0.05, 0) is 6.07 Å². The first-order valence-electron chi connectivity index (χ1n) is 3.25. The zero-order valence-electron chi connectivity index (χ0n) is 6.55. The number of rotatable bonds is 3. The fraction of sp³-hybridized carbons (Fsp3) is 0. The smallest absolute Gasteiger partial charge is 0.345 e. The summed E-state index contributed by atoms with van der Waals surface area (Å²) in [6, 6.07) is 1.72. The Morgan fingerprint density at radius 1 is 1.36 bits per heavy atom. The van der Waals surface area contributed by atoms with Crippen molar-refractivity contribution in [3.63, 3.8) is 0 Å². The van der Waals surface area contributed by atoms with Crippen molar-refractivity contribution in [3.8, 4) is 17.2 Å². The molecule has 0 aromatic heterocycles. The van der Waals surface area contributed by atoms with Crippen LogP contribution < -0.4 is 4.84 Å². The fourth-order valence-corrected chi connectivity index (χ4v) is 0.769. The highest BCUT2D eigenvalue weighted by atomic mass is 19.3. The molecule has 6 nitrogen and oxygen atoms in total. The van der Waals surface area contributed by atoms with E-state index >= 15 is 0 Å². The van der Waals surface area contributed by atoms with E-state index in [2.05, 4.69) is 4.84 Å². The van der Waals surface area contributed by atoms with E-state index in [1.807, 2.05) is 4.94 Å². The van der Waals surface area contributed by atoms with Crippen LogP contribution in [-0.4, -0.2) is 25.9 Å². The van der Waals surface area contributed by atoms with Crippen molar-refractivity contribution in [1.82, 2.24) is 5.39 Å². The molecule has 0 amide bonds. The second-order valence-electron chi connectivity index (χ2n) is 2.18. The van der Waals surface area contributed by atoms with Crippen LogP contribution in [-0.2, 0) is 0 Å². The number of halogens is 2. The number of benzene rings is 1. The molecule has 4 N–H and O–H groups in total. The van der Waals surface area contributed by atoms with E-state index in [0.29, 0.717) is 0 Å². The van der Waals surface area contributed by atoms with Crippen LogP contribution in [0.3, 0.4) is 0 Å². The van der Waals surface area contributed by atoms with Crippen LogP contribution in [0.1, 0.15) is 0 Å². The summed E-state index contributed by atoms with van der Waals surface area (Å²) in [7, 11) is 0. The molecule has 1 aromatic carbocycles. The van der Waals surface area contributed by atoms with Crippen LogP contribution in [0.15, 0.2) is 12.1 Å². The Hall–Kier alpha value is -1.64. The standard InChI is InChI=1S/C6H5F2NO5/c7-5-4(13-8)2-1-3(10)6(5)14-9(11)12/h1-2,10-12H/p+1. The Bertz CT molecular complexity index is 332. The van der Waals surface area contributed by atoms with Gasteiger partial charge in [0.15, 0.2) is 10.3 Å². The van der Waals surface area contributed by atoms with E-state index in [9.17, 15) is 8.92 Å². The molecule has 0 bridgehead atoms. The quantitative estimate of drug-likeness (QED) is 0.394. The second kappa shape index (κ2) is 4.05. The molecule has 1 aromatic rings. The molecule has 0 aliphatic heterocycles. The van der Waals surface area contributed by atoms with Crippen LogP contribution >= 0.6 is 0 Å². The molecule has 0 heterocycles. The minimum Gasteiger partial charge on any atom is -0.504 e. The normalized spacial score (nSPS) is 10.4. The van der Waals surface area contributed by atoms with Crippen LogP contribution in [0.5, 0.6) is 17.2 Å². The lowest BCUT2D eigenvalue weighted by Crippen LogP contribution is -2.18. The van der Waals surface area contributed by atoms with Crippen molar-refractivity contribution in [3.05, 3.63) is 17.9 Å². The maximum atomic E-state index is 13.0. The van der Waals surface area contributed by atoms with Gasteiger partial charge in [0.2, 0.25) is 5.75 Å². The lowest BCUT2D eigenvalue weighted by Gasteiger charge is -2.08. The highest BCUT2D eigenvalue weighted by Crippen LogP contribution is 2.35. The van der Waals surface area contributed by atoms with Gasteiger partial charge in [0, 0.05) is 6.07 Å². The lowest BCUT2D eigenvalue weighted by atomic mass is 10.3. The van der Waals surface area contributed by atoms with E-state index in [1.165, 1.54) is 0 Å². The summed E-state index contributed by atoms with van der Waals surface area (Å²) in [5.74, 6) is -3.78. The molecule has 78 valence electrons. The molecule has 0 unspecified atom stereocenters. The van der Waals surface area contributed by atoms with Gasteiger partial charge in [-0.1, -0.05) is 0 Å². The predicted molar refractivity (Wildman–Crippen MR) is 36.9 cm³/mol. The van der Waals surface area contributed by atoms with Gasteiger partial charge in [0.05, 0.1) is 0 Å². The average Bonchev–Trinajstić information content (AvgIpc) is 2.12. The Balaban J connectivity index is 3.11. The van der Waals surface area contributed by atoms with Crippen LogP contribution in [0.2, 0.25) is 0 Å². The van der Waals surface area contributed by atoms with Gasteiger partial charge < -0.3 is 14.9 Å². The highest BCUT2D eigenvalue weighted by molar-refractivity contribution is 5.45. The largest absolute Gasteiger partial charge is 0.504 e. The minimum atomic E-state index is -1.36. The van der Waals surface area contributed by atoms with Gasteiger partial charge in [-0.15, -0.1) is 0 Å². The van der Waals surface area contributed by atoms with Gasteiger partial charge in [0.1, 0.15) is 5.39 Å². The van der Waals surface area contributed by atoms with Crippen LogP contribution in [0.25, 0.3) is 0 Å². The van der Waals surface area contributed by atoms with E-state index < -0.39 is 28.5 Å². The minimum absolute atomic E-state index is 0.733. The molecule has 0 aliphatic carbocycles. The summed E-state index contributed by atoms with van der Waals surface area (Å²) < 4.78 is 24.8.